The molecule has 156 valence electrons. The van der Waals surface area contributed by atoms with Gasteiger partial charge in [0.1, 0.15) is 25.0 Å². The first-order valence-corrected chi connectivity index (χ1v) is 9.95. The summed E-state index contributed by atoms with van der Waals surface area (Å²) in [6.45, 7) is 6.55. The number of carbonyl (C=O) groups is 2. The molecule has 1 fully saturated rings. The minimum atomic E-state index is -0.832. The van der Waals surface area contributed by atoms with Crippen molar-refractivity contribution in [3.63, 3.8) is 0 Å². The zero-order valence-electron chi connectivity index (χ0n) is 16.8. The SMILES string of the molecule is C=CCOc1cccc2c1[C@H]1CN(C(=O)N1OCc1ccccc1)[C@H]2C(=O)OCC. The van der Waals surface area contributed by atoms with Crippen LogP contribution in [0.2, 0.25) is 0 Å². The zero-order chi connectivity index (χ0) is 21.1. The largest absolute Gasteiger partial charge is 0.489 e. The van der Waals surface area contributed by atoms with Crippen LogP contribution in [0.3, 0.4) is 0 Å². The van der Waals surface area contributed by atoms with Crippen molar-refractivity contribution < 1.29 is 23.9 Å². The van der Waals surface area contributed by atoms with Gasteiger partial charge in [-0.15, -0.1) is 0 Å². The van der Waals surface area contributed by atoms with Crippen molar-refractivity contribution in [1.82, 2.24) is 9.96 Å². The van der Waals surface area contributed by atoms with E-state index in [9.17, 15) is 9.59 Å². The number of rotatable bonds is 8. The molecule has 0 saturated carbocycles. The lowest BCUT2D eigenvalue weighted by Gasteiger charge is -2.32. The van der Waals surface area contributed by atoms with E-state index in [1.807, 2.05) is 48.5 Å². The maximum atomic E-state index is 13.2. The van der Waals surface area contributed by atoms with E-state index in [0.29, 0.717) is 24.5 Å². The van der Waals surface area contributed by atoms with E-state index >= 15 is 0 Å². The van der Waals surface area contributed by atoms with Gasteiger partial charge in [-0.05, 0) is 24.1 Å². The molecule has 7 nitrogen and oxygen atoms in total. The smallest absolute Gasteiger partial charge is 0.345 e. The molecule has 2 bridgehead atoms. The van der Waals surface area contributed by atoms with Crippen LogP contribution in [0.25, 0.3) is 0 Å². The van der Waals surface area contributed by atoms with Gasteiger partial charge in [0, 0.05) is 5.56 Å². The zero-order valence-corrected chi connectivity index (χ0v) is 16.8. The second-order valence-electron chi connectivity index (χ2n) is 7.05. The number of hydrogen-bond acceptors (Lipinski definition) is 5. The third-order valence-electron chi connectivity index (χ3n) is 5.21. The van der Waals surface area contributed by atoms with Gasteiger partial charge in [0.05, 0.1) is 13.2 Å². The first-order chi connectivity index (χ1) is 14.7. The second-order valence-corrected chi connectivity index (χ2v) is 7.05. The van der Waals surface area contributed by atoms with Crippen molar-refractivity contribution in [2.75, 3.05) is 19.8 Å². The van der Waals surface area contributed by atoms with Crippen LogP contribution in [0.15, 0.2) is 61.2 Å². The summed E-state index contributed by atoms with van der Waals surface area (Å²) in [7, 11) is 0. The molecular formula is C23H24N2O5. The molecule has 0 N–H and O–H groups in total. The van der Waals surface area contributed by atoms with Crippen LogP contribution in [0, 0.1) is 0 Å². The fourth-order valence-corrected chi connectivity index (χ4v) is 3.96. The second kappa shape index (κ2) is 8.59. The molecule has 2 atom stereocenters. The summed E-state index contributed by atoms with van der Waals surface area (Å²) in [5, 5.41) is 1.35. The number of ether oxygens (including phenoxy) is 2. The topological polar surface area (TPSA) is 68.3 Å². The molecule has 2 aromatic rings. The van der Waals surface area contributed by atoms with E-state index in [1.54, 1.807) is 13.0 Å². The first-order valence-electron chi connectivity index (χ1n) is 9.95. The highest BCUT2D eigenvalue weighted by atomic mass is 16.7. The lowest BCUT2D eigenvalue weighted by atomic mass is 9.90. The fraction of sp³-hybridized carbons (Fsp3) is 0.304. The number of hydrogen-bond donors (Lipinski definition) is 0. The number of nitrogens with zero attached hydrogens (tertiary/aromatic N) is 2. The lowest BCUT2D eigenvalue weighted by Crippen LogP contribution is -2.39. The summed E-state index contributed by atoms with van der Waals surface area (Å²) in [4.78, 5) is 33.4. The lowest BCUT2D eigenvalue weighted by molar-refractivity contribution is -0.149. The van der Waals surface area contributed by atoms with Gasteiger partial charge in [-0.1, -0.05) is 55.1 Å². The molecule has 0 aromatic heterocycles. The fourth-order valence-electron chi connectivity index (χ4n) is 3.96. The Kier molecular flexibility index (Phi) is 5.72. The van der Waals surface area contributed by atoms with Crippen LogP contribution in [0.1, 0.15) is 35.7 Å². The third-order valence-corrected chi connectivity index (χ3v) is 5.21. The predicted octanol–water partition coefficient (Wildman–Crippen LogP) is 3.78. The molecular weight excluding hydrogens is 384 g/mol. The highest BCUT2D eigenvalue weighted by Gasteiger charge is 2.52. The number of carbonyl (C=O) groups excluding carboxylic acids is 2. The summed E-state index contributed by atoms with van der Waals surface area (Å²) in [6.07, 6.45) is 1.65. The maximum absolute atomic E-state index is 13.2. The molecule has 30 heavy (non-hydrogen) atoms. The summed E-state index contributed by atoms with van der Waals surface area (Å²) < 4.78 is 11.1. The van der Waals surface area contributed by atoms with E-state index < -0.39 is 12.0 Å². The molecule has 2 amide bonds. The van der Waals surface area contributed by atoms with Gasteiger partial charge in [-0.25, -0.2) is 9.59 Å². The van der Waals surface area contributed by atoms with Crippen LogP contribution in [-0.4, -0.2) is 41.7 Å². The molecule has 0 unspecified atom stereocenters. The Balaban J connectivity index is 1.71. The van der Waals surface area contributed by atoms with Gasteiger partial charge in [-0.3, -0.25) is 4.84 Å². The van der Waals surface area contributed by atoms with Crippen LogP contribution in [0.4, 0.5) is 4.79 Å². The Morgan fingerprint density at radius 3 is 2.73 bits per heavy atom. The third kappa shape index (κ3) is 3.52. The summed E-state index contributed by atoms with van der Waals surface area (Å²) in [6, 6.07) is 13.5. The van der Waals surface area contributed by atoms with Gasteiger partial charge < -0.3 is 14.4 Å². The van der Waals surface area contributed by atoms with Crippen molar-refractivity contribution in [3.8, 4) is 5.75 Å². The van der Waals surface area contributed by atoms with Gasteiger partial charge >= 0.3 is 12.0 Å². The minimum Gasteiger partial charge on any atom is -0.489 e. The highest BCUT2D eigenvalue weighted by Crippen LogP contribution is 2.48. The van der Waals surface area contributed by atoms with Crippen LogP contribution < -0.4 is 4.74 Å². The van der Waals surface area contributed by atoms with Gasteiger partial charge in [0.2, 0.25) is 0 Å². The molecule has 7 heteroatoms. The molecule has 4 rings (SSSR count). The summed E-state index contributed by atoms with van der Waals surface area (Å²) >= 11 is 0. The van der Waals surface area contributed by atoms with Gasteiger partial charge in [0.25, 0.3) is 0 Å². The summed E-state index contributed by atoms with van der Waals surface area (Å²) in [5.74, 6) is 0.144. The average Bonchev–Trinajstić information content (AvgIpc) is 3.03. The number of fused-ring (bicyclic) bond motifs is 4. The molecule has 1 saturated heterocycles. The number of hydroxylamine groups is 2. The molecule has 2 aliphatic heterocycles. The Morgan fingerprint density at radius 1 is 1.20 bits per heavy atom. The van der Waals surface area contributed by atoms with Crippen molar-refractivity contribution >= 4 is 12.0 Å². The van der Waals surface area contributed by atoms with Crippen molar-refractivity contribution in [2.45, 2.75) is 25.6 Å². The minimum absolute atomic E-state index is 0.233. The Labute approximate surface area is 175 Å². The normalized spacial score (nSPS) is 19.4. The number of amides is 2. The molecule has 0 radical (unpaired) electrons. The van der Waals surface area contributed by atoms with E-state index in [0.717, 1.165) is 11.1 Å². The standard InChI is InChI=1S/C23H24N2O5/c1-3-13-29-19-12-8-11-17-20(19)18-14-24(21(17)22(26)28-4-2)23(27)25(18)30-15-16-9-6-5-7-10-16/h3,5-12,18,21H,1,4,13-15H2,2H3/t18-,21-/m1/s1. The number of urea groups is 1. The maximum Gasteiger partial charge on any atom is 0.345 e. The highest BCUT2D eigenvalue weighted by molar-refractivity contribution is 5.88. The van der Waals surface area contributed by atoms with E-state index in [4.69, 9.17) is 14.3 Å². The van der Waals surface area contributed by atoms with Crippen LogP contribution in [0.5, 0.6) is 5.75 Å². The Morgan fingerprint density at radius 2 is 2.00 bits per heavy atom. The number of benzene rings is 2. The van der Waals surface area contributed by atoms with E-state index in [-0.39, 0.29) is 25.3 Å². The Bertz CT molecular complexity index is 946. The van der Waals surface area contributed by atoms with Crippen molar-refractivity contribution in [1.29, 1.82) is 0 Å². The predicted molar refractivity (Wildman–Crippen MR) is 109 cm³/mol. The molecule has 0 aliphatic carbocycles. The first kappa shape index (κ1) is 20.0. The van der Waals surface area contributed by atoms with Crippen molar-refractivity contribution in [2.24, 2.45) is 0 Å². The molecule has 2 heterocycles. The van der Waals surface area contributed by atoms with Crippen molar-refractivity contribution in [3.05, 3.63) is 77.9 Å². The van der Waals surface area contributed by atoms with Crippen LogP contribution in [-0.2, 0) is 21.0 Å². The monoisotopic (exact) mass is 408 g/mol. The van der Waals surface area contributed by atoms with Gasteiger partial charge in [-0.2, -0.15) is 5.06 Å². The molecule has 0 spiro atoms. The Hall–Kier alpha value is -3.32. The molecule has 2 aromatic carbocycles. The summed E-state index contributed by atoms with van der Waals surface area (Å²) in [5.41, 5.74) is 2.41. The quantitative estimate of drug-likeness (QED) is 0.491. The average molecular weight is 408 g/mol. The van der Waals surface area contributed by atoms with Crippen LogP contribution >= 0.6 is 0 Å². The molecule has 2 aliphatic rings. The van der Waals surface area contributed by atoms with Gasteiger partial charge in [0.15, 0.2) is 6.04 Å². The number of esters is 1. The van der Waals surface area contributed by atoms with E-state index in [2.05, 4.69) is 6.58 Å². The van der Waals surface area contributed by atoms with E-state index in [1.165, 1.54) is 9.96 Å².